The Hall–Kier alpha value is -7.94. The van der Waals surface area contributed by atoms with Crippen molar-refractivity contribution in [2.75, 3.05) is 98.6 Å². The standard InChI is InChI=1S/C45H58ClN3O9.C43H56ClN3O10/c1-7-29-23-45(29,43(53)54)24-36(50)35-21-32(25-49(35)42(52)34(44(4,5)6)22-39(51)58-31-18-27-17-28(27)19-31)57-38-20-30(16-26(2)3)47-41-33(38)8-9-37(40(41)46)56-15-12-48-10-13-55-14-11-48;1-6-27-22-43(27,41(51)52)23-33(48)32-19-29(24-47(32)40(50)31(42(3,4)5)20-37(49)57-28-17-25-16-26(25)18-28)56-35-21-36(54-7-2)45-39-30(35)8-9-34(38(39)44)55-15-12-46-10-13-53-14-11-46/h7-9,16,20,27-29,31-32,34-35H,1,10-15,17-19,21-25H2,2-6H3,(H,53,54);6,8-9,21,25-29,31-32H,1,7,10-20,22-24H2,2-5H3,(H,51,52)/t27-,28+,29-,31?,32-,34-,35+,45-;25-,26+,27-,28?,29-,31-,32+,43-/m11/s1. The molecule has 10 aliphatic rings. The van der Waals surface area contributed by atoms with Gasteiger partial charge in [-0.15, -0.1) is 13.2 Å². The van der Waals surface area contributed by atoms with Crippen LogP contribution in [0.4, 0.5) is 0 Å². The first kappa shape index (κ1) is 85.0. The lowest BCUT2D eigenvalue weighted by Crippen LogP contribution is -2.48. The van der Waals surface area contributed by atoms with Crippen molar-refractivity contribution >= 4 is 98.3 Å². The highest BCUT2D eigenvalue weighted by atomic mass is 35.5. The number of hydrogen-bond donors (Lipinski definition) is 2. The molecule has 0 radical (unpaired) electrons. The van der Waals surface area contributed by atoms with Crippen LogP contribution in [-0.4, -0.2) is 222 Å². The SMILES string of the molecule is C=C[C@@H]1C[C@]1(CC(=O)[C@@H]1C[C@@H](Oc2cc(C=C(C)C)nc3c(Cl)c(OCCN4CCOCC4)ccc23)CN1C(=O)[C@@H](CC(=O)OC1C[C@@H]2C[C@@H]2C1)C(C)(C)C)C(=O)O.C=C[C@@H]1C[C@]1(CC(=O)[C@@H]1C[C@@H](Oc2cc(OCC)nc3c(Cl)c(OCCN4CCOCC4)ccc23)CN1C(=O)[C@@H](CC(=O)OC1C[C@@H]2C[C@@H]2C1)C(C)(C)C)C(=O)O. The van der Waals surface area contributed by atoms with E-state index in [1.165, 1.54) is 22.6 Å². The van der Waals surface area contributed by atoms with Crippen molar-refractivity contribution in [1.29, 1.82) is 0 Å². The van der Waals surface area contributed by atoms with Gasteiger partial charge in [0, 0.05) is 87.9 Å². The molecule has 25 nitrogen and oxygen atoms in total. The number of carbonyl (C=O) groups is 8. The minimum atomic E-state index is -1.26. The third-order valence-corrected chi connectivity index (χ3v) is 26.2. The molecular weight excluding hydrogens is 1520 g/mol. The Morgan fingerprint density at radius 1 is 0.565 bits per heavy atom. The fourth-order valence-corrected chi connectivity index (χ4v) is 18.8. The summed E-state index contributed by atoms with van der Waals surface area (Å²) in [6.07, 6.45) is 9.56. The van der Waals surface area contributed by atoms with Crippen LogP contribution in [0.1, 0.15) is 158 Å². The Balaban J connectivity index is 0.000000200. The van der Waals surface area contributed by atoms with Crippen LogP contribution in [0.5, 0.6) is 28.9 Å². The van der Waals surface area contributed by atoms with Gasteiger partial charge >= 0.3 is 23.9 Å². The number of hydrogen-bond acceptors (Lipinski definition) is 21. The van der Waals surface area contributed by atoms with Crippen molar-refractivity contribution in [3.63, 3.8) is 0 Å². The third kappa shape index (κ3) is 19.8. The maximum Gasteiger partial charge on any atom is 0.310 e. The number of rotatable bonds is 33. The number of Topliss-reactive ketones (excluding diaryl/α,β-unsaturated/α-hetero) is 2. The Labute approximate surface area is 683 Å². The van der Waals surface area contributed by atoms with Gasteiger partial charge < -0.3 is 62.6 Å². The molecule has 2 N–H and O–H groups in total. The van der Waals surface area contributed by atoms with Crippen LogP contribution in [0.25, 0.3) is 27.9 Å². The predicted molar refractivity (Wildman–Crippen MR) is 431 cm³/mol. The second-order valence-corrected chi connectivity index (χ2v) is 36.8. The van der Waals surface area contributed by atoms with E-state index < -0.39 is 81.7 Å². The van der Waals surface area contributed by atoms with E-state index in [9.17, 15) is 48.6 Å². The number of amides is 2. The Morgan fingerprint density at radius 3 is 1.35 bits per heavy atom. The van der Waals surface area contributed by atoms with E-state index in [0.717, 1.165) is 70.5 Å². The number of morpholine rings is 2. The van der Waals surface area contributed by atoms with Crippen LogP contribution in [0.2, 0.25) is 10.0 Å². The van der Waals surface area contributed by atoms with E-state index in [1.807, 2.05) is 86.6 Å². The number of nitrogens with zero attached hydrogens (tertiary/aromatic N) is 6. The van der Waals surface area contributed by atoms with Gasteiger partial charge in [0.05, 0.1) is 105 Å². The van der Waals surface area contributed by atoms with Gasteiger partial charge in [0.25, 0.3) is 0 Å². The van der Waals surface area contributed by atoms with Crippen LogP contribution in [0, 0.1) is 69.0 Å². The largest absolute Gasteiger partial charge is 0.491 e. The molecule has 27 heteroatoms. The Morgan fingerprint density at radius 2 is 0.974 bits per heavy atom. The number of ether oxygens (including phenoxy) is 9. The van der Waals surface area contributed by atoms with Crippen LogP contribution in [-0.2, 0) is 57.3 Å². The zero-order valence-electron chi connectivity index (χ0n) is 68.0. The Kier molecular flexibility index (Phi) is 26.1. The van der Waals surface area contributed by atoms with Gasteiger partial charge in [0.15, 0.2) is 11.6 Å². The molecule has 0 spiro atoms. The zero-order chi connectivity index (χ0) is 82.2. The smallest absolute Gasteiger partial charge is 0.310 e. The minimum absolute atomic E-state index is 0.0397. The molecule has 14 rings (SSSR count). The first-order valence-corrected chi connectivity index (χ1v) is 42.0. The monoisotopic (exact) mass is 1630 g/mol. The molecule has 2 unspecified atom stereocenters. The number of halogens is 2. The van der Waals surface area contributed by atoms with Crippen molar-refractivity contribution in [3.8, 4) is 28.9 Å². The highest BCUT2D eigenvalue weighted by Gasteiger charge is 2.63. The number of fused-ring (bicyclic) bond motifs is 4. The molecule has 6 saturated carbocycles. The van der Waals surface area contributed by atoms with E-state index in [-0.39, 0.29) is 105 Å². The second-order valence-electron chi connectivity index (χ2n) is 36.0. The normalized spacial score (nSPS) is 28.5. The molecular formula is C88H114Cl2N6O19. The van der Waals surface area contributed by atoms with Crippen LogP contribution >= 0.6 is 23.2 Å². The average molecular weight is 1630 g/mol. The van der Waals surface area contributed by atoms with Crippen LogP contribution in [0.15, 0.2) is 67.3 Å². The topological polar surface area (TPSA) is 299 Å². The van der Waals surface area contributed by atoms with E-state index >= 15 is 0 Å². The van der Waals surface area contributed by atoms with Gasteiger partial charge in [-0.3, -0.25) is 48.2 Å². The number of carboxylic acids is 2. The number of pyridine rings is 2. The minimum Gasteiger partial charge on any atom is -0.491 e. The predicted octanol–water partition coefficient (Wildman–Crippen LogP) is 13.0. The van der Waals surface area contributed by atoms with E-state index in [2.05, 4.69) is 27.9 Å². The summed E-state index contributed by atoms with van der Waals surface area (Å²) in [4.78, 5) is 127. The molecule has 4 saturated heterocycles. The van der Waals surface area contributed by atoms with Crippen molar-refractivity contribution in [2.24, 2.45) is 69.0 Å². The number of carbonyl (C=O) groups excluding carboxylic acids is 6. The lowest BCUT2D eigenvalue weighted by Gasteiger charge is -2.35. The summed E-state index contributed by atoms with van der Waals surface area (Å²) in [6, 6.07) is 8.81. The summed E-state index contributed by atoms with van der Waals surface area (Å²) in [5.41, 5.74) is -1.27. The molecule has 0 bridgehead atoms. The molecule has 115 heavy (non-hydrogen) atoms. The molecule has 4 aromatic rings. The summed E-state index contributed by atoms with van der Waals surface area (Å²) >= 11 is 13.9. The molecule has 2 aromatic carbocycles. The van der Waals surface area contributed by atoms with Gasteiger partial charge in [-0.1, -0.05) is 82.5 Å². The number of aliphatic carboxylic acids is 2. The lowest BCUT2D eigenvalue weighted by atomic mass is 9.77. The highest BCUT2D eigenvalue weighted by Crippen LogP contribution is 2.59. The molecule has 6 heterocycles. The maximum atomic E-state index is 14.7. The van der Waals surface area contributed by atoms with E-state index in [1.54, 1.807) is 30.4 Å². The lowest BCUT2D eigenvalue weighted by molar-refractivity contribution is -0.157. The number of carboxylic acid groups (broad SMARTS) is 2. The molecule has 2 amide bonds. The maximum absolute atomic E-state index is 14.7. The fraction of sp³-hybridized carbons (Fsp3) is 0.636. The van der Waals surface area contributed by atoms with Gasteiger partial charge in [0.1, 0.15) is 76.2 Å². The molecule has 2 aromatic heterocycles. The zero-order valence-corrected chi connectivity index (χ0v) is 69.5. The third-order valence-electron chi connectivity index (χ3n) is 25.5. The molecule has 6 aliphatic carbocycles. The molecule has 10 fully saturated rings. The summed E-state index contributed by atoms with van der Waals surface area (Å²) in [5.74, 6) is -1.95. The van der Waals surface area contributed by atoms with Crippen molar-refractivity contribution in [3.05, 3.63) is 83.0 Å². The van der Waals surface area contributed by atoms with Gasteiger partial charge in [-0.2, -0.15) is 0 Å². The summed E-state index contributed by atoms with van der Waals surface area (Å²) in [5, 5.41) is 22.2. The number of aromatic nitrogens is 2. The number of esters is 2. The Bertz CT molecular complexity index is 4370. The fourth-order valence-electron chi connectivity index (χ4n) is 18.3. The highest BCUT2D eigenvalue weighted by molar-refractivity contribution is 6.37. The average Bonchev–Trinajstić information content (AvgIpc) is 1.52. The first-order valence-electron chi connectivity index (χ1n) is 41.3. The van der Waals surface area contributed by atoms with Crippen molar-refractivity contribution in [2.45, 2.75) is 189 Å². The number of benzene rings is 2. The quantitative estimate of drug-likeness (QED) is 0.0331. The van der Waals surface area contributed by atoms with Gasteiger partial charge in [0.2, 0.25) is 17.7 Å². The number of allylic oxidation sites excluding steroid dienone is 3. The first-order chi connectivity index (χ1) is 54.8. The second kappa shape index (κ2) is 35.3. The van der Waals surface area contributed by atoms with Crippen LogP contribution in [0.3, 0.4) is 0 Å². The van der Waals surface area contributed by atoms with Crippen LogP contribution < -0.4 is 23.7 Å². The molecule has 16 atom stereocenters. The van der Waals surface area contributed by atoms with E-state index in [4.69, 9.17) is 70.8 Å². The molecule has 624 valence electrons. The molecule has 4 aliphatic heterocycles. The summed E-state index contributed by atoms with van der Waals surface area (Å²) in [7, 11) is 0. The van der Waals surface area contributed by atoms with Crippen molar-refractivity contribution < 1.29 is 91.2 Å². The van der Waals surface area contributed by atoms with E-state index in [0.29, 0.717) is 143 Å². The number of likely N-dealkylation sites (tertiary alicyclic amines) is 2. The van der Waals surface area contributed by atoms with Gasteiger partial charge in [-0.25, -0.2) is 9.97 Å². The number of ketones is 2. The van der Waals surface area contributed by atoms with Gasteiger partial charge in [-0.05, 0) is 149 Å². The van der Waals surface area contributed by atoms with Crippen molar-refractivity contribution in [1.82, 2.24) is 29.6 Å². The summed E-state index contributed by atoms with van der Waals surface area (Å²) < 4.78 is 54.1. The summed E-state index contributed by atoms with van der Waals surface area (Å²) in [6.45, 7) is 33.7.